The van der Waals surface area contributed by atoms with Gasteiger partial charge in [-0.3, -0.25) is 0 Å². The van der Waals surface area contributed by atoms with Gasteiger partial charge in [0.15, 0.2) is 0 Å². The topological polar surface area (TPSA) is 55.2 Å². The number of nitrogens with zero attached hydrogens (tertiary/aromatic N) is 2. The van der Waals surface area contributed by atoms with Crippen LogP contribution in [0.5, 0.6) is 5.88 Å². The van der Waals surface area contributed by atoms with Crippen LogP contribution in [0.3, 0.4) is 0 Å². The van der Waals surface area contributed by atoms with Crippen molar-refractivity contribution in [3.8, 4) is 5.88 Å². The van der Waals surface area contributed by atoms with E-state index in [9.17, 15) is 5.11 Å². The maximum Gasteiger partial charge on any atom is 0.216 e. The Bertz CT molecular complexity index is 534. The van der Waals surface area contributed by atoms with Crippen molar-refractivity contribution in [2.75, 3.05) is 7.11 Å². The molecule has 18 heavy (non-hydrogen) atoms. The van der Waals surface area contributed by atoms with Gasteiger partial charge in [-0.05, 0) is 17.7 Å². The zero-order chi connectivity index (χ0) is 13.0. The second-order valence-electron chi connectivity index (χ2n) is 3.83. The van der Waals surface area contributed by atoms with Gasteiger partial charge >= 0.3 is 0 Å². The molecule has 0 aliphatic carbocycles. The molecule has 0 saturated heterocycles. The molecule has 0 aliphatic rings. The number of benzene rings is 1. The number of aliphatic hydroxyl groups is 1. The summed E-state index contributed by atoms with van der Waals surface area (Å²) in [6.45, 7) is 0. The summed E-state index contributed by atoms with van der Waals surface area (Å²) >= 11 is 3.38. The Hall–Kier alpha value is -1.46. The Morgan fingerprint density at radius 2 is 2.17 bits per heavy atom. The van der Waals surface area contributed by atoms with Crippen LogP contribution in [0.4, 0.5) is 0 Å². The molecular formula is C13H13BrN2O2. The fraction of sp³-hybridized carbons (Fsp3) is 0.231. The molecule has 94 valence electrons. The second kappa shape index (κ2) is 5.93. The van der Waals surface area contributed by atoms with Crippen molar-refractivity contribution in [3.05, 3.63) is 52.4 Å². The number of aliphatic hydroxyl groups excluding tert-OH is 1. The van der Waals surface area contributed by atoms with E-state index in [1.54, 1.807) is 13.2 Å². The van der Waals surface area contributed by atoms with Crippen molar-refractivity contribution in [1.29, 1.82) is 0 Å². The van der Waals surface area contributed by atoms with Gasteiger partial charge in [0.1, 0.15) is 6.33 Å². The minimum atomic E-state index is -0.595. The molecule has 1 N–H and O–H groups in total. The molecule has 0 fully saturated rings. The first-order chi connectivity index (χ1) is 8.69. The van der Waals surface area contributed by atoms with Crippen molar-refractivity contribution < 1.29 is 9.84 Å². The zero-order valence-corrected chi connectivity index (χ0v) is 11.5. The molecule has 0 radical (unpaired) electrons. The average molecular weight is 309 g/mol. The number of halogens is 1. The lowest BCUT2D eigenvalue weighted by molar-refractivity contribution is 0.177. The third-order valence-corrected chi connectivity index (χ3v) is 3.04. The van der Waals surface area contributed by atoms with Crippen molar-refractivity contribution in [1.82, 2.24) is 9.97 Å². The largest absolute Gasteiger partial charge is 0.481 e. The number of hydrogen-bond acceptors (Lipinski definition) is 4. The van der Waals surface area contributed by atoms with E-state index in [2.05, 4.69) is 25.9 Å². The summed E-state index contributed by atoms with van der Waals surface area (Å²) in [5.74, 6) is 0.501. The molecule has 1 heterocycles. The van der Waals surface area contributed by atoms with E-state index in [0.717, 1.165) is 15.7 Å². The predicted octanol–water partition coefficient (Wildman–Crippen LogP) is 2.52. The Labute approximate surface area is 114 Å². The van der Waals surface area contributed by atoms with Gasteiger partial charge < -0.3 is 9.84 Å². The lowest BCUT2D eigenvalue weighted by Gasteiger charge is -2.11. The van der Waals surface area contributed by atoms with Gasteiger partial charge in [-0.1, -0.05) is 28.1 Å². The van der Waals surface area contributed by atoms with Crippen LogP contribution in [-0.4, -0.2) is 22.2 Å². The maximum absolute atomic E-state index is 10.1. The molecule has 1 aromatic carbocycles. The monoisotopic (exact) mass is 308 g/mol. The molecule has 5 heteroatoms. The highest BCUT2D eigenvalue weighted by atomic mass is 79.9. The van der Waals surface area contributed by atoms with Gasteiger partial charge in [0.2, 0.25) is 5.88 Å². The van der Waals surface area contributed by atoms with Crippen LogP contribution in [0, 0.1) is 0 Å². The van der Waals surface area contributed by atoms with E-state index in [1.165, 1.54) is 6.33 Å². The van der Waals surface area contributed by atoms with Crippen molar-refractivity contribution in [2.45, 2.75) is 12.5 Å². The minimum absolute atomic E-state index is 0.426. The quantitative estimate of drug-likeness (QED) is 0.943. The van der Waals surface area contributed by atoms with E-state index in [0.29, 0.717) is 12.3 Å². The van der Waals surface area contributed by atoms with E-state index >= 15 is 0 Å². The Morgan fingerprint density at radius 1 is 1.33 bits per heavy atom. The standard InChI is InChI=1S/C13H13BrN2O2/c1-18-13-7-11(15-8-16-13)6-12(17)9-3-2-4-10(14)5-9/h2-5,7-8,12,17H,6H2,1H3. The predicted molar refractivity (Wildman–Crippen MR) is 71.4 cm³/mol. The van der Waals surface area contributed by atoms with Crippen LogP contribution < -0.4 is 4.74 Å². The highest BCUT2D eigenvalue weighted by molar-refractivity contribution is 9.10. The molecule has 0 bridgehead atoms. The molecule has 0 amide bonds. The Morgan fingerprint density at radius 3 is 2.89 bits per heavy atom. The van der Waals surface area contributed by atoms with Gasteiger partial charge in [0, 0.05) is 17.0 Å². The molecule has 1 unspecified atom stereocenters. The van der Waals surface area contributed by atoms with Crippen molar-refractivity contribution in [3.63, 3.8) is 0 Å². The van der Waals surface area contributed by atoms with Crippen LogP contribution in [0.2, 0.25) is 0 Å². The third kappa shape index (κ3) is 3.27. The van der Waals surface area contributed by atoms with Crippen LogP contribution in [0.15, 0.2) is 41.1 Å². The van der Waals surface area contributed by atoms with Gasteiger partial charge in [0.05, 0.1) is 18.9 Å². The lowest BCUT2D eigenvalue weighted by Crippen LogP contribution is -2.04. The Kier molecular flexibility index (Phi) is 4.28. The molecule has 2 aromatic rings. The van der Waals surface area contributed by atoms with Gasteiger partial charge in [0.25, 0.3) is 0 Å². The summed E-state index contributed by atoms with van der Waals surface area (Å²) in [7, 11) is 1.55. The maximum atomic E-state index is 10.1. The highest BCUT2D eigenvalue weighted by Crippen LogP contribution is 2.21. The second-order valence-corrected chi connectivity index (χ2v) is 4.74. The number of rotatable bonds is 4. The average Bonchev–Trinajstić information content (AvgIpc) is 2.39. The summed E-state index contributed by atoms with van der Waals surface area (Å²) in [4.78, 5) is 8.04. The van der Waals surface area contributed by atoms with Crippen molar-refractivity contribution >= 4 is 15.9 Å². The first-order valence-electron chi connectivity index (χ1n) is 5.47. The van der Waals surface area contributed by atoms with Crippen LogP contribution >= 0.6 is 15.9 Å². The third-order valence-electron chi connectivity index (χ3n) is 2.54. The summed E-state index contributed by atoms with van der Waals surface area (Å²) in [5.41, 5.74) is 1.59. The molecule has 0 aliphatic heterocycles. The fourth-order valence-corrected chi connectivity index (χ4v) is 2.05. The molecular weight excluding hydrogens is 296 g/mol. The normalized spacial score (nSPS) is 12.2. The number of hydrogen-bond donors (Lipinski definition) is 1. The number of ether oxygens (including phenoxy) is 1. The summed E-state index contributed by atoms with van der Waals surface area (Å²) < 4.78 is 5.96. The van der Waals surface area contributed by atoms with Crippen LogP contribution in [0.1, 0.15) is 17.4 Å². The smallest absolute Gasteiger partial charge is 0.216 e. The minimum Gasteiger partial charge on any atom is -0.481 e. The molecule has 1 atom stereocenters. The van der Waals surface area contributed by atoms with E-state index < -0.39 is 6.10 Å². The SMILES string of the molecule is COc1cc(CC(O)c2cccc(Br)c2)ncn1. The summed E-state index contributed by atoms with van der Waals surface area (Å²) in [5, 5.41) is 10.1. The first kappa shape index (κ1) is 13.0. The molecule has 0 saturated carbocycles. The highest BCUT2D eigenvalue weighted by Gasteiger charge is 2.10. The van der Waals surface area contributed by atoms with Crippen LogP contribution in [-0.2, 0) is 6.42 Å². The first-order valence-corrected chi connectivity index (χ1v) is 6.27. The number of methoxy groups -OCH3 is 1. The molecule has 4 nitrogen and oxygen atoms in total. The van der Waals surface area contributed by atoms with E-state index in [4.69, 9.17) is 4.74 Å². The fourth-order valence-electron chi connectivity index (χ4n) is 1.63. The lowest BCUT2D eigenvalue weighted by atomic mass is 10.1. The van der Waals surface area contributed by atoms with Crippen molar-refractivity contribution in [2.24, 2.45) is 0 Å². The van der Waals surface area contributed by atoms with Gasteiger partial charge in [-0.2, -0.15) is 0 Å². The number of aromatic nitrogens is 2. The van der Waals surface area contributed by atoms with E-state index in [-0.39, 0.29) is 0 Å². The van der Waals surface area contributed by atoms with Crippen LogP contribution in [0.25, 0.3) is 0 Å². The Balaban J connectivity index is 2.13. The molecule has 0 spiro atoms. The molecule has 2 rings (SSSR count). The molecule has 1 aromatic heterocycles. The zero-order valence-electron chi connectivity index (χ0n) is 9.88. The summed E-state index contributed by atoms with van der Waals surface area (Å²) in [6.07, 6.45) is 1.26. The van der Waals surface area contributed by atoms with Gasteiger partial charge in [-0.15, -0.1) is 0 Å². The van der Waals surface area contributed by atoms with E-state index in [1.807, 2.05) is 24.3 Å². The summed E-state index contributed by atoms with van der Waals surface area (Å²) in [6, 6.07) is 9.31. The van der Waals surface area contributed by atoms with Gasteiger partial charge in [-0.25, -0.2) is 9.97 Å².